The molecular weight excluding hydrogens is 420 g/mol. The molecule has 1 unspecified atom stereocenters. The summed E-state index contributed by atoms with van der Waals surface area (Å²) in [6, 6.07) is 12.6. The summed E-state index contributed by atoms with van der Waals surface area (Å²) in [7, 11) is -3.26. The summed E-state index contributed by atoms with van der Waals surface area (Å²) in [5, 5.41) is 13.0. The second-order valence-corrected chi connectivity index (χ2v) is 9.23. The summed E-state index contributed by atoms with van der Waals surface area (Å²) in [4.78, 5) is 27.1. The van der Waals surface area contributed by atoms with Crippen LogP contribution in [0.5, 0.6) is 5.75 Å². The van der Waals surface area contributed by atoms with Gasteiger partial charge in [0.15, 0.2) is 9.84 Å². The molecule has 0 saturated carbocycles. The van der Waals surface area contributed by atoms with Gasteiger partial charge in [0.1, 0.15) is 11.8 Å². The van der Waals surface area contributed by atoms with Crippen LogP contribution in [0.1, 0.15) is 18.4 Å². The Bertz CT molecular complexity index is 1170. The Balaban J connectivity index is 1.47. The van der Waals surface area contributed by atoms with Gasteiger partial charge in [0.2, 0.25) is 5.91 Å². The van der Waals surface area contributed by atoms with Gasteiger partial charge >= 0.3 is 5.97 Å². The van der Waals surface area contributed by atoms with E-state index in [2.05, 4.69) is 10.3 Å². The van der Waals surface area contributed by atoms with E-state index in [9.17, 15) is 23.1 Å². The summed E-state index contributed by atoms with van der Waals surface area (Å²) in [6.45, 7) is 0.242. The van der Waals surface area contributed by atoms with Gasteiger partial charge in [-0.25, -0.2) is 13.2 Å². The molecule has 0 bridgehead atoms. The maximum Gasteiger partial charge on any atom is 0.326 e. The number of carbonyl (C=O) groups excluding carboxylic acids is 1. The average Bonchev–Trinajstić information content (AvgIpc) is 3.13. The molecule has 0 aliphatic carbocycles. The van der Waals surface area contributed by atoms with Crippen LogP contribution in [0.4, 0.5) is 0 Å². The van der Waals surface area contributed by atoms with Crippen molar-refractivity contribution in [2.45, 2.75) is 30.2 Å². The van der Waals surface area contributed by atoms with E-state index >= 15 is 0 Å². The fourth-order valence-corrected chi connectivity index (χ4v) is 3.82. The molecule has 3 aromatic rings. The van der Waals surface area contributed by atoms with E-state index < -0.39 is 21.8 Å². The van der Waals surface area contributed by atoms with E-state index in [0.717, 1.165) is 22.7 Å². The molecule has 0 spiro atoms. The number of para-hydroxylation sites is 1. The van der Waals surface area contributed by atoms with Crippen LogP contribution in [0.15, 0.2) is 59.6 Å². The number of carboxylic acid groups (broad SMARTS) is 1. The number of rotatable bonds is 10. The molecule has 0 aliphatic heterocycles. The highest BCUT2D eigenvalue weighted by Crippen LogP contribution is 2.19. The second kappa shape index (κ2) is 9.65. The monoisotopic (exact) mass is 444 g/mol. The Hall–Kier alpha value is -3.33. The quantitative estimate of drug-likeness (QED) is 0.413. The van der Waals surface area contributed by atoms with Gasteiger partial charge < -0.3 is 20.1 Å². The number of H-pyrrole nitrogens is 1. The van der Waals surface area contributed by atoms with E-state index in [1.807, 2.05) is 24.3 Å². The number of nitrogens with one attached hydrogen (secondary N) is 2. The molecule has 0 saturated heterocycles. The van der Waals surface area contributed by atoms with E-state index in [1.54, 1.807) is 18.3 Å². The van der Waals surface area contributed by atoms with Crippen molar-refractivity contribution in [1.29, 1.82) is 0 Å². The van der Waals surface area contributed by atoms with Gasteiger partial charge in [-0.15, -0.1) is 0 Å². The van der Waals surface area contributed by atoms with Crippen molar-refractivity contribution in [3.8, 4) is 5.75 Å². The zero-order valence-electron chi connectivity index (χ0n) is 17.0. The van der Waals surface area contributed by atoms with E-state index in [-0.39, 0.29) is 30.3 Å². The predicted octanol–water partition coefficient (Wildman–Crippen LogP) is 2.54. The van der Waals surface area contributed by atoms with Gasteiger partial charge in [-0.2, -0.15) is 0 Å². The molecule has 1 amide bonds. The molecule has 0 aliphatic rings. The number of carbonyl (C=O) groups is 2. The van der Waals surface area contributed by atoms with Crippen LogP contribution in [-0.4, -0.2) is 49.3 Å². The fourth-order valence-electron chi connectivity index (χ4n) is 3.19. The number of hydrogen-bond acceptors (Lipinski definition) is 5. The zero-order valence-corrected chi connectivity index (χ0v) is 17.8. The third-order valence-electron chi connectivity index (χ3n) is 4.80. The van der Waals surface area contributed by atoms with Crippen LogP contribution >= 0.6 is 0 Å². The molecule has 1 atom stereocenters. The Morgan fingerprint density at radius 2 is 1.84 bits per heavy atom. The number of aromatic amines is 1. The average molecular weight is 445 g/mol. The van der Waals surface area contributed by atoms with Crippen molar-refractivity contribution in [3.05, 3.63) is 60.3 Å². The highest BCUT2D eigenvalue weighted by Gasteiger charge is 2.21. The standard InChI is InChI=1S/C22H24N2O6S/c1-31(28,29)17-10-8-16(9-11-17)30-12-4-7-21(25)24-20(22(26)27)13-15-14-23-19-6-3-2-5-18(15)19/h2-3,5-6,8-11,14,20,23H,4,7,12-13H2,1H3,(H,24,25)(H,26,27). The molecule has 0 radical (unpaired) electrons. The SMILES string of the molecule is CS(=O)(=O)c1ccc(OCCCC(=O)NC(Cc2c[nH]c3ccccc23)C(=O)O)cc1. The minimum atomic E-state index is -3.26. The Kier molecular flexibility index (Phi) is 6.96. The van der Waals surface area contributed by atoms with Crippen LogP contribution in [0.25, 0.3) is 10.9 Å². The number of ether oxygens (including phenoxy) is 1. The molecular formula is C22H24N2O6S. The largest absolute Gasteiger partial charge is 0.494 e. The highest BCUT2D eigenvalue weighted by atomic mass is 32.2. The number of aliphatic carboxylic acids is 1. The van der Waals surface area contributed by atoms with Gasteiger partial charge in [0.05, 0.1) is 11.5 Å². The lowest BCUT2D eigenvalue weighted by atomic mass is 10.0. The lowest BCUT2D eigenvalue weighted by Gasteiger charge is -2.14. The minimum Gasteiger partial charge on any atom is -0.494 e. The number of benzene rings is 2. The molecule has 0 fully saturated rings. The van der Waals surface area contributed by atoms with Gasteiger partial charge in [0, 0.05) is 36.2 Å². The smallest absolute Gasteiger partial charge is 0.326 e. The Morgan fingerprint density at radius 1 is 1.13 bits per heavy atom. The van der Waals surface area contributed by atoms with Gasteiger partial charge in [-0.1, -0.05) is 18.2 Å². The van der Waals surface area contributed by atoms with Crippen molar-refractivity contribution < 1.29 is 27.9 Å². The first-order chi connectivity index (χ1) is 14.7. The third kappa shape index (κ3) is 6.08. The molecule has 164 valence electrons. The normalized spacial score (nSPS) is 12.4. The van der Waals surface area contributed by atoms with Crippen molar-refractivity contribution in [2.24, 2.45) is 0 Å². The number of sulfone groups is 1. The fraction of sp³-hybridized carbons (Fsp3) is 0.273. The number of amides is 1. The summed E-state index contributed by atoms with van der Waals surface area (Å²) in [6.07, 6.45) is 3.56. The van der Waals surface area contributed by atoms with Crippen LogP contribution in [0, 0.1) is 0 Å². The molecule has 9 heteroatoms. The molecule has 3 rings (SSSR count). The van der Waals surface area contributed by atoms with Crippen LogP contribution in [0.3, 0.4) is 0 Å². The zero-order chi connectivity index (χ0) is 22.4. The maximum atomic E-state index is 12.2. The Morgan fingerprint density at radius 3 is 2.52 bits per heavy atom. The summed E-state index contributed by atoms with van der Waals surface area (Å²) in [5.74, 6) is -0.973. The number of aromatic nitrogens is 1. The van der Waals surface area contributed by atoms with Gasteiger partial charge in [0.25, 0.3) is 0 Å². The summed E-state index contributed by atoms with van der Waals surface area (Å²) < 4.78 is 28.4. The lowest BCUT2D eigenvalue weighted by molar-refractivity contribution is -0.141. The first-order valence-electron chi connectivity index (χ1n) is 9.74. The highest BCUT2D eigenvalue weighted by molar-refractivity contribution is 7.90. The lowest BCUT2D eigenvalue weighted by Crippen LogP contribution is -2.42. The molecule has 1 aromatic heterocycles. The van der Waals surface area contributed by atoms with Crippen molar-refractivity contribution in [2.75, 3.05) is 12.9 Å². The van der Waals surface area contributed by atoms with Crippen molar-refractivity contribution >= 4 is 32.6 Å². The maximum absolute atomic E-state index is 12.2. The van der Waals surface area contributed by atoms with Gasteiger partial charge in [-0.3, -0.25) is 4.79 Å². The molecule has 1 heterocycles. The molecule has 2 aromatic carbocycles. The molecule has 31 heavy (non-hydrogen) atoms. The summed E-state index contributed by atoms with van der Waals surface area (Å²) >= 11 is 0. The van der Waals surface area contributed by atoms with E-state index in [0.29, 0.717) is 12.2 Å². The minimum absolute atomic E-state index is 0.110. The van der Waals surface area contributed by atoms with Crippen molar-refractivity contribution in [1.82, 2.24) is 10.3 Å². The molecule has 3 N–H and O–H groups in total. The first kappa shape index (κ1) is 22.4. The summed E-state index contributed by atoms with van der Waals surface area (Å²) in [5.41, 5.74) is 1.74. The Labute approximate surface area is 180 Å². The predicted molar refractivity (Wildman–Crippen MR) is 116 cm³/mol. The number of carboxylic acids is 1. The topological polar surface area (TPSA) is 126 Å². The van der Waals surface area contributed by atoms with Gasteiger partial charge in [-0.05, 0) is 42.3 Å². The first-order valence-corrected chi connectivity index (χ1v) is 11.6. The number of fused-ring (bicyclic) bond motifs is 1. The van der Waals surface area contributed by atoms with E-state index in [4.69, 9.17) is 4.74 Å². The molecule has 8 nitrogen and oxygen atoms in total. The van der Waals surface area contributed by atoms with Crippen molar-refractivity contribution in [3.63, 3.8) is 0 Å². The van der Waals surface area contributed by atoms with Crippen LogP contribution in [-0.2, 0) is 25.8 Å². The van der Waals surface area contributed by atoms with Crippen LogP contribution in [0.2, 0.25) is 0 Å². The van der Waals surface area contributed by atoms with E-state index in [1.165, 1.54) is 12.1 Å². The van der Waals surface area contributed by atoms with Crippen LogP contribution < -0.4 is 10.1 Å². The third-order valence-corrected chi connectivity index (χ3v) is 5.93. The second-order valence-electron chi connectivity index (χ2n) is 7.22. The number of hydrogen-bond donors (Lipinski definition) is 3.